The fourth-order valence-corrected chi connectivity index (χ4v) is 3.58. The number of hydrogen-bond acceptors (Lipinski definition) is 5. The third kappa shape index (κ3) is 3.74. The summed E-state index contributed by atoms with van der Waals surface area (Å²) in [5, 5.41) is 18.8. The number of aryl methyl sites for hydroxylation is 1. The Morgan fingerprint density at radius 1 is 1.26 bits per heavy atom. The van der Waals surface area contributed by atoms with Crippen molar-refractivity contribution >= 4 is 0 Å². The highest BCUT2D eigenvalue weighted by Crippen LogP contribution is 2.25. The number of methoxy groups -OCH3 is 1. The normalized spacial score (nSPS) is 16.0. The van der Waals surface area contributed by atoms with Crippen molar-refractivity contribution in [3.8, 4) is 11.4 Å². The van der Waals surface area contributed by atoms with Crippen LogP contribution in [-0.4, -0.2) is 43.2 Å². The number of aliphatic hydroxyl groups excluding tert-OH is 1. The molecule has 1 aliphatic heterocycles. The molecule has 0 saturated carbocycles. The van der Waals surface area contributed by atoms with E-state index in [0.29, 0.717) is 0 Å². The Hall–Kier alpha value is -2.64. The fourth-order valence-electron chi connectivity index (χ4n) is 3.58. The minimum Gasteiger partial charge on any atom is -0.497 e. The number of rotatable bonds is 5. The van der Waals surface area contributed by atoms with Crippen LogP contribution in [0.4, 0.5) is 0 Å². The molecule has 0 bridgehead atoms. The van der Waals surface area contributed by atoms with Crippen LogP contribution in [0, 0.1) is 0 Å². The first-order valence-corrected chi connectivity index (χ1v) is 9.28. The summed E-state index contributed by atoms with van der Waals surface area (Å²) in [5.41, 5.74) is 4.11. The van der Waals surface area contributed by atoms with Crippen LogP contribution in [-0.2, 0) is 19.6 Å². The number of nitrogens with zero attached hydrogens (tertiary/aromatic N) is 5. The van der Waals surface area contributed by atoms with E-state index < -0.39 is 6.10 Å². The van der Waals surface area contributed by atoms with Crippen molar-refractivity contribution < 1.29 is 9.84 Å². The molecule has 7 heteroatoms. The van der Waals surface area contributed by atoms with Crippen molar-refractivity contribution in [1.82, 2.24) is 24.5 Å². The van der Waals surface area contributed by atoms with Crippen molar-refractivity contribution in [2.75, 3.05) is 13.7 Å². The lowest BCUT2D eigenvalue weighted by molar-refractivity contribution is 0.193. The molecule has 2 aromatic heterocycles. The average Bonchev–Trinajstić information content (AvgIpc) is 3.29. The summed E-state index contributed by atoms with van der Waals surface area (Å²) in [5.74, 6) is 0.845. The van der Waals surface area contributed by atoms with Crippen molar-refractivity contribution in [1.29, 1.82) is 0 Å². The van der Waals surface area contributed by atoms with E-state index in [4.69, 9.17) is 4.74 Å². The van der Waals surface area contributed by atoms with E-state index in [9.17, 15) is 5.11 Å². The molecule has 3 heterocycles. The maximum atomic E-state index is 9.83. The highest BCUT2D eigenvalue weighted by atomic mass is 16.5. The van der Waals surface area contributed by atoms with E-state index in [1.807, 2.05) is 33.8 Å². The molecule has 0 aliphatic carbocycles. The zero-order valence-electron chi connectivity index (χ0n) is 15.7. The molecule has 1 aliphatic rings. The van der Waals surface area contributed by atoms with Crippen LogP contribution >= 0.6 is 0 Å². The Morgan fingerprint density at radius 3 is 2.89 bits per heavy atom. The molecule has 4 rings (SSSR count). The number of benzene rings is 1. The molecule has 1 aromatic carbocycles. The summed E-state index contributed by atoms with van der Waals surface area (Å²) in [7, 11) is 1.69. The van der Waals surface area contributed by atoms with Gasteiger partial charge in [-0.1, -0.05) is 0 Å². The second kappa shape index (κ2) is 7.54. The topological polar surface area (TPSA) is 68.3 Å². The maximum absolute atomic E-state index is 9.83. The minimum absolute atomic E-state index is 0.539. The Morgan fingerprint density at radius 2 is 2.15 bits per heavy atom. The van der Waals surface area contributed by atoms with Gasteiger partial charge < -0.3 is 9.84 Å². The number of ether oxygens (including phenoxy) is 1. The monoisotopic (exact) mass is 367 g/mol. The number of fused-ring (bicyclic) bond motifs is 1. The van der Waals surface area contributed by atoms with Crippen LogP contribution in [0.25, 0.3) is 5.69 Å². The average molecular weight is 367 g/mol. The van der Waals surface area contributed by atoms with Crippen LogP contribution < -0.4 is 4.74 Å². The Labute approximate surface area is 158 Å². The van der Waals surface area contributed by atoms with Gasteiger partial charge in [-0.25, -0.2) is 4.68 Å². The summed E-state index contributed by atoms with van der Waals surface area (Å²) >= 11 is 0. The molecule has 1 N–H and O–H groups in total. The summed E-state index contributed by atoms with van der Waals surface area (Å²) in [6.45, 7) is 5.22. The van der Waals surface area contributed by atoms with Gasteiger partial charge in [0, 0.05) is 38.6 Å². The quantitative estimate of drug-likeness (QED) is 0.751. The third-order valence-electron chi connectivity index (χ3n) is 4.97. The first kappa shape index (κ1) is 17.8. The van der Waals surface area contributed by atoms with Gasteiger partial charge in [0.15, 0.2) is 0 Å². The van der Waals surface area contributed by atoms with Crippen LogP contribution in [0.15, 0.2) is 42.7 Å². The van der Waals surface area contributed by atoms with Gasteiger partial charge in [0.05, 0.1) is 30.3 Å². The number of aromatic nitrogens is 4. The lowest BCUT2D eigenvalue weighted by Crippen LogP contribution is -2.23. The van der Waals surface area contributed by atoms with Gasteiger partial charge in [0.2, 0.25) is 0 Å². The van der Waals surface area contributed by atoms with Crippen molar-refractivity contribution in [2.45, 2.75) is 39.1 Å². The molecule has 0 unspecified atom stereocenters. The fraction of sp³-hybridized carbons (Fsp3) is 0.400. The van der Waals surface area contributed by atoms with Crippen LogP contribution in [0.3, 0.4) is 0 Å². The van der Waals surface area contributed by atoms with Gasteiger partial charge in [-0.05, 0) is 49.2 Å². The van der Waals surface area contributed by atoms with Crippen LogP contribution in [0.1, 0.15) is 36.4 Å². The van der Waals surface area contributed by atoms with E-state index in [0.717, 1.165) is 55.4 Å². The highest BCUT2D eigenvalue weighted by Gasteiger charge is 2.19. The number of hydrogen-bond donors (Lipinski definition) is 1. The molecule has 0 fully saturated rings. The zero-order valence-corrected chi connectivity index (χ0v) is 15.7. The smallest absolute Gasteiger partial charge is 0.119 e. The molecule has 3 aromatic rings. The van der Waals surface area contributed by atoms with E-state index in [1.54, 1.807) is 20.2 Å². The SMILES string of the molecule is COc1ccc(-n2cccn2)c(CN2CCCn3nc([C@@H](C)O)cc3C2)c1. The number of aliphatic hydroxyl groups is 1. The van der Waals surface area contributed by atoms with E-state index in [2.05, 4.69) is 27.2 Å². The molecule has 1 atom stereocenters. The van der Waals surface area contributed by atoms with Crippen molar-refractivity contribution in [3.05, 3.63) is 59.7 Å². The summed E-state index contributed by atoms with van der Waals surface area (Å²) < 4.78 is 9.36. The van der Waals surface area contributed by atoms with Crippen LogP contribution in [0.2, 0.25) is 0 Å². The maximum Gasteiger partial charge on any atom is 0.119 e. The minimum atomic E-state index is -0.539. The largest absolute Gasteiger partial charge is 0.497 e. The standard InChI is InChI=1S/C20H25N5O2/c1-15(26)19-12-17-14-23(8-4-10-24(17)22-19)13-16-11-18(27-2)5-6-20(16)25-9-3-7-21-25/h3,5-7,9,11-12,15,26H,4,8,10,13-14H2,1-2H3/t15-/m1/s1. The third-order valence-corrected chi connectivity index (χ3v) is 4.97. The molecular weight excluding hydrogens is 342 g/mol. The molecule has 27 heavy (non-hydrogen) atoms. The van der Waals surface area contributed by atoms with Gasteiger partial charge in [0.25, 0.3) is 0 Å². The first-order chi connectivity index (χ1) is 13.1. The van der Waals surface area contributed by atoms with Gasteiger partial charge in [-0.3, -0.25) is 9.58 Å². The van der Waals surface area contributed by atoms with Crippen molar-refractivity contribution in [2.24, 2.45) is 0 Å². The van der Waals surface area contributed by atoms with Crippen molar-refractivity contribution in [3.63, 3.8) is 0 Å². The molecule has 0 radical (unpaired) electrons. The zero-order chi connectivity index (χ0) is 18.8. The lowest BCUT2D eigenvalue weighted by Gasteiger charge is -2.22. The second-order valence-electron chi connectivity index (χ2n) is 6.97. The summed E-state index contributed by atoms with van der Waals surface area (Å²) in [6, 6.07) is 10.0. The van der Waals surface area contributed by atoms with E-state index >= 15 is 0 Å². The molecule has 0 saturated heterocycles. The van der Waals surface area contributed by atoms with Gasteiger partial charge in [-0.15, -0.1) is 0 Å². The Balaban J connectivity index is 1.61. The predicted octanol–water partition coefficient (Wildman–Crippen LogP) is 2.54. The Bertz CT molecular complexity index is 901. The lowest BCUT2D eigenvalue weighted by atomic mass is 10.1. The molecule has 7 nitrogen and oxygen atoms in total. The van der Waals surface area contributed by atoms with E-state index in [-0.39, 0.29) is 0 Å². The van der Waals surface area contributed by atoms with Gasteiger partial charge in [-0.2, -0.15) is 10.2 Å². The predicted molar refractivity (Wildman–Crippen MR) is 102 cm³/mol. The van der Waals surface area contributed by atoms with Gasteiger partial charge >= 0.3 is 0 Å². The van der Waals surface area contributed by atoms with E-state index in [1.165, 1.54) is 5.56 Å². The molecule has 142 valence electrons. The van der Waals surface area contributed by atoms with Gasteiger partial charge in [0.1, 0.15) is 5.75 Å². The highest BCUT2D eigenvalue weighted by molar-refractivity contribution is 5.45. The summed E-state index contributed by atoms with van der Waals surface area (Å²) in [4.78, 5) is 2.41. The second-order valence-corrected chi connectivity index (χ2v) is 6.97. The summed E-state index contributed by atoms with van der Waals surface area (Å²) in [6.07, 6.45) is 4.23. The first-order valence-electron chi connectivity index (χ1n) is 9.28. The molecule has 0 amide bonds. The van der Waals surface area contributed by atoms with Crippen LogP contribution in [0.5, 0.6) is 5.75 Å². The molecule has 0 spiro atoms. The molecular formula is C20H25N5O2. The Kier molecular flexibility index (Phi) is 4.96.